The van der Waals surface area contributed by atoms with Crippen molar-refractivity contribution >= 4 is 10.9 Å². The molecule has 0 unspecified atom stereocenters. The highest BCUT2D eigenvalue weighted by Crippen LogP contribution is 2.31. The topological polar surface area (TPSA) is 28.7 Å². The number of hydrogen-bond acceptors (Lipinski definition) is 1. The highest BCUT2D eigenvalue weighted by molar-refractivity contribution is 5.90. The predicted octanol–water partition coefficient (Wildman–Crippen LogP) is 4.40. The fourth-order valence-electron chi connectivity index (χ4n) is 2.17. The minimum atomic E-state index is -0.831. The van der Waals surface area contributed by atoms with Crippen molar-refractivity contribution in [1.29, 1.82) is 0 Å². The molecule has 3 aromatic rings. The lowest BCUT2D eigenvalue weighted by atomic mass is 10.1. The summed E-state index contributed by atoms with van der Waals surface area (Å²) in [4.78, 5) is 7.13. The van der Waals surface area contributed by atoms with Gasteiger partial charge in [-0.1, -0.05) is 0 Å². The first-order valence-corrected chi connectivity index (χ1v) is 5.93. The van der Waals surface area contributed by atoms with E-state index in [9.17, 15) is 13.2 Å². The summed E-state index contributed by atoms with van der Waals surface area (Å²) < 4.78 is 36.5. The van der Waals surface area contributed by atoms with E-state index in [-0.39, 0.29) is 0 Å². The van der Waals surface area contributed by atoms with Crippen LogP contribution in [-0.4, -0.2) is 17.1 Å². The van der Waals surface area contributed by atoms with Crippen LogP contribution in [0.4, 0.5) is 13.2 Å². The third kappa shape index (κ3) is 2.27. The molecule has 0 bridgehead atoms. The van der Waals surface area contributed by atoms with Crippen LogP contribution >= 0.6 is 0 Å². The molecular weight excluding hydrogens is 265 g/mol. The zero-order valence-corrected chi connectivity index (χ0v) is 11.0. The summed E-state index contributed by atoms with van der Waals surface area (Å²) in [5.74, 6) is -1.64. The number of aromatic nitrogens is 2. The van der Waals surface area contributed by atoms with Gasteiger partial charge in [0.15, 0.2) is 11.6 Å². The Kier molecular flexibility index (Phi) is 4.08. The van der Waals surface area contributed by atoms with Gasteiger partial charge in [0.25, 0.3) is 0 Å². The number of fused-ring (bicyclic) bond motifs is 1. The second kappa shape index (κ2) is 5.77. The molecule has 0 fully saturated rings. The molecular formula is C15H13F3N2. The average molecular weight is 278 g/mol. The summed E-state index contributed by atoms with van der Waals surface area (Å²) in [5, 5.41) is 0.300. The number of H-pyrrole nitrogens is 1. The second-order valence-electron chi connectivity index (χ2n) is 4.15. The van der Waals surface area contributed by atoms with E-state index in [0.29, 0.717) is 23.6 Å². The van der Waals surface area contributed by atoms with E-state index in [1.54, 1.807) is 31.5 Å². The summed E-state index contributed by atoms with van der Waals surface area (Å²) in [5.41, 5.74) is 2.90. The van der Waals surface area contributed by atoms with Crippen molar-refractivity contribution < 1.29 is 13.2 Å². The van der Waals surface area contributed by atoms with Gasteiger partial charge in [-0.05, 0) is 36.8 Å². The fourth-order valence-corrected chi connectivity index (χ4v) is 2.17. The zero-order valence-electron chi connectivity index (χ0n) is 11.0. The predicted molar refractivity (Wildman–Crippen MR) is 73.2 cm³/mol. The van der Waals surface area contributed by atoms with Gasteiger partial charge in [-0.2, -0.15) is 0 Å². The Balaban J connectivity index is 0.000000704. The van der Waals surface area contributed by atoms with Gasteiger partial charge in [-0.15, -0.1) is 0 Å². The molecule has 0 saturated heterocycles. The minimum Gasteiger partial charge on any atom is -0.354 e. The number of rotatable bonds is 1. The Hall–Kier alpha value is -2.30. The van der Waals surface area contributed by atoms with Crippen LogP contribution in [0.25, 0.3) is 22.2 Å². The lowest BCUT2D eigenvalue weighted by Gasteiger charge is -1.99. The maximum atomic E-state index is 13.8. The summed E-state index contributed by atoms with van der Waals surface area (Å²) in [6.45, 7) is 1.77. The Morgan fingerprint density at radius 1 is 1.10 bits per heavy atom. The molecule has 104 valence electrons. The van der Waals surface area contributed by atoms with E-state index in [1.807, 2.05) is 6.07 Å². The van der Waals surface area contributed by atoms with Crippen LogP contribution in [0.5, 0.6) is 0 Å². The molecule has 0 aliphatic rings. The summed E-state index contributed by atoms with van der Waals surface area (Å²) in [7, 11) is 0.500. The summed E-state index contributed by atoms with van der Waals surface area (Å²) in [6.07, 6.45) is 3.35. The van der Waals surface area contributed by atoms with E-state index in [1.165, 1.54) is 0 Å². The lowest BCUT2D eigenvalue weighted by Crippen LogP contribution is -1.85. The number of aryl methyl sites for hydroxylation is 1. The Bertz CT molecular complexity index is 721. The largest absolute Gasteiger partial charge is 0.354 e. The van der Waals surface area contributed by atoms with Crippen molar-refractivity contribution in [1.82, 2.24) is 9.97 Å². The van der Waals surface area contributed by atoms with E-state index in [0.717, 1.165) is 17.3 Å². The first kappa shape index (κ1) is 14.1. The molecule has 2 aromatic heterocycles. The monoisotopic (exact) mass is 278 g/mol. The second-order valence-corrected chi connectivity index (χ2v) is 4.15. The Labute approximate surface area is 114 Å². The molecule has 5 heteroatoms. The van der Waals surface area contributed by atoms with E-state index in [2.05, 4.69) is 9.97 Å². The number of aromatic amines is 1. The van der Waals surface area contributed by atoms with Crippen LogP contribution in [0.15, 0.2) is 36.7 Å². The normalized spacial score (nSPS) is 10.2. The van der Waals surface area contributed by atoms with Crippen molar-refractivity contribution in [2.45, 2.75) is 6.92 Å². The molecule has 0 aliphatic heterocycles. The fraction of sp³-hybridized carbons (Fsp3) is 0.133. The zero-order chi connectivity index (χ0) is 14.7. The molecule has 2 nitrogen and oxygen atoms in total. The van der Waals surface area contributed by atoms with Gasteiger partial charge in [-0.25, -0.2) is 8.78 Å². The van der Waals surface area contributed by atoms with Crippen LogP contribution in [0.2, 0.25) is 0 Å². The van der Waals surface area contributed by atoms with E-state index in [4.69, 9.17) is 0 Å². The first-order chi connectivity index (χ1) is 9.68. The molecule has 0 amide bonds. The number of pyridine rings is 1. The maximum Gasteiger partial charge on any atom is 0.168 e. The Morgan fingerprint density at radius 3 is 2.50 bits per heavy atom. The van der Waals surface area contributed by atoms with Gasteiger partial charge in [0, 0.05) is 28.9 Å². The average Bonchev–Trinajstić information content (AvgIpc) is 2.84. The van der Waals surface area contributed by atoms with Crippen LogP contribution in [0.3, 0.4) is 0 Å². The first-order valence-electron chi connectivity index (χ1n) is 5.93. The van der Waals surface area contributed by atoms with Gasteiger partial charge >= 0.3 is 0 Å². The van der Waals surface area contributed by atoms with Gasteiger partial charge in [-0.3, -0.25) is 9.37 Å². The molecule has 3 rings (SSSR count). The molecule has 0 saturated carbocycles. The molecule has 20 heavy (non-hydrogen) atoms. The van der Waals surface area contributed by atoms with Crippen LogP contribution in [0, 0.1) is 18.6 Å². The minimum absolute atomic E-state index is 0.300. The number of nitrogens with one attached hydrogen (secondary N) is 1. The lowest BCUT2D eigenvalue weighted by molar-refractivity contribution is 0.517. The number of nitrogens with zero attached hydrogens (tertiary/aromatic N) is 1. The number of hydrogen-bond donors (Lipinski definition) is 1. The highest BCUT2D eigenvalue weighted by Gasteiger charge is 2.15. The molecule has 0 spiro atoms. The van der Waals surface area contributed by atoms with Gasteiger partial charge in [0.1, 0.15) is 0 Å². The standard InChI is InChI=1S/C14H10F2N2.CH3F/c1-8-12-11(5-4-10(15)13(12)16)18-14(8)9-3-2-6-17-7-9;1-2/h2-7,18H,1H3;1H3. The number of halogens is 3. The van der Waals surface area contributed by atoms with Gasteiger partial charge < -0.3 is 4.98 Å². The highest BCUT2D eigenvalue weighted by atomic mass is 19.2. The van der Waals surface area contributed by atoms with Crippen LogP contribution in [0.1, 0.15) is 5.56 Å². The molecule has 0 aliphatic carbocycles. The Morgan fingerprint density at radius 2 is 1.85 bits per heavy atom. The van der Waals surface area contributed by atoms with Crippen molar-refractivity contribution in [3.05, 3.63) is 53.9 Å². The van der Waals surface area contributed by atoms with E-state index < -0.39 is 11.6 Å². The quantitative estimate of drug-likeness (QED) is 0.702. The molecule has 1 N–H and O–H groups in total. The van der Waals surface area contributed by atoms with Crippen LogP contribution < -0.4 is 0 Å². The summed E-state index contributed by atoms with van der Waals surface area (Å²) >= 11 is 0. The molecule has 0 radical (unpaired) electrons. The molecule has 2 heterocycles. The third-order valence-corrected chi connectivity index (χ3v) is 3.05. The molecule has 1 aromatic carbocycles. The van der Waals surface area contributed by atoms with Crippen molar-refractivity contribution in [3.8, 4) is 11.3 Å². The summed E-state index contributed by atoms with van der Waals surface area (Å²) in [6, 6.07) is 6.34. The van der Waals surface area contributed by atoms with Gasteiger partial charge in [0.2, 0.25) is 0 Å². The van der Waals surface area contributed by atoms with Gasteiger partial charge in [0.05, 0.1) is 12.9 Å². The van der Waals surface area contributed by atoms with Crippen molar-refractivity contribution in [3.63, 3.8) is 0 Å². The van der Waals surface area contributed by atoms with E-state index >= 15 is 0 Å². The third-order valence-electron chi connectivity index (χ3n) is 3.05. The SMILES string of the molecule is CF.Cc1c(-c2cccnc2)[nH]c2ccc(F)c(F)c12. The number of benzene rings is 1. The number of alkyl halides is 1. The maximum absolute atomic E-state index is 13.8. The van der Waals surface area contributed by atoms with Crippen molar-refractivity contribution in [2.24, 2.45) is 0 Å². The molecule has 0 atom stereocenters. The van der Waals surface area contributed by atoms with Crippen molar-refractivity contribution in [2.75, 3.05) is 7.18 Å². The smallest absolute Gasteiger partial charge is 0.168 e. The van der Waals surface area contributed by atoms with Crippen LogP contribution in [-0.2, 0) is 0 Å².